The summed E-state index contributed by atoms with van der Waals surface area (Å²) >= 11 is 0. The van der Waals surface area contributed by atoms with E-state index in [4.69, 9.17) is 4.42 Å². The number of carbonyl (C=O) groups is 1. The zero-order chi connectivity index (χ0) is 12.1. The second-order valence-electron chi connectivity index (χ2n) is 4.39. The Balaban J connectivity index is 1.70. The summed E-state index contributed by atoms with van der Waals surface area (Å²) < 4.78 is 5.12. The van der Waals surface area contributed by atoms with Crippen LogP contribution in [0.5, 0.6) is 0 Å². The predicted octanol–water partition coefficient (Wildman–Crippen LogP) is 0.353. The van der Waals surface area contributed by atoms with Crippen LogP contribution in [0.15, 0.2) is 22.8 Å². The molecule has 0 saturated carbocycles. The molecule has 0 bridgehead atoms. The van der Waals surface area contributed by atoms with Gasteiger partial charge in [-0.3, -0.25) is 9.69 Å². The number of amides is 1. The van der Waals surface area contributed by atoms with Gasteiger partial charge in [0.05, 0.1) is 25.5 Å². The van der Waals surface area contributed by atoms with Crippen LogP contribution in [0.1, 0.15) is 18.6 Å². The maximum Gasteiger partial charge on any atom is 0.234 e. The summed E-state index contributed by atoms with van der Waals surface area (Å²) in [5.74, 6) is 0.715. The van der Waals surface area contributed by atoms with Gasteiger partial charge in [0.15, 0.2) is 0 Å². The van der Waals surface area contributed by atoms with Crippen LogP contribution in [0, 0.1) is 0 Å². The molecule has 1 fully saturated rings. The largest absolute Gasteiger partial charge is 0.467 e. The molecule has 0 spiro atoms. The van der Waals surface area contributed by atoms with E-state index in [1.165, 1.54) is 0 Å². The van der Waals surface area contributed by atoms with Gasteiger partial charge in [0.2, 0.25) is 5.91 Å². The molecule has 1 aliphatic rings. The molecule has 0 aromatic carbocycles. The quantitative estimate of drug-likeness (QED) is 0.794. The van der Waals surface area contributed by atoms with Crippen LogP contribution in [0.25, 0.3) is 0 Å². The second-order valence-corrected chi connectivity index (χ2v) is 4.39. The average molecular weight is 238 g/mol. The molecule has 1 aromatic rings. The third-order valence-corrected chi connectivity index (χ3v) is 2.89. The molecule has 2 rings (SSSR count). The summed E-state index contributed by atoms with van der Waals surface area (Å²) in [6, 6.07) is 3.62. The first kappa shape index (κ1) is 12.1. The molecule has 0 aliphatic carbocycles. The van der Waals surface area contributed by atoms with Crippen LogP contribution >= 0.6 is 0 Å². The van der Waals surface area contributed by atoms with Gasteiger partial charge in [-0.2, -0.15) is 0 Å². The Kier molecular flexibility index (Phi) is 4.17. The lowest BCUT2D eigenvalue weighted by Gasteiger charge is -2.29. The smallest absolute Gasteiger partial charge is 0.234 e. The van der Waals surface area contributed by atoms with E-state index in [-0.39, 0.29) is 12.0 Å². The third kappa shape index (κ3) is 3.87. The fraction of sp³-hybridized carbons (Fsp3) is 0.583. The molecular formula is C12H18N2O3. The number of rotatable bonds is 4. The topological polar surface area (TPSA) is 65.7 Å². The fourth-order valence-electron chi connectivity index (χ4n) is 2.03. The Bertz CT molecular complexity index is 351. The van der Waals surface area contributed by atoms with Crippen molar-refractivity contribution in [2.24, 2.45) is 0 Å². The Morgan fingerprint density at radius 3 is 3.24 bits per heavy atom. The maximum atomic E-state index is 11.6. The van der Waals surface area contributed by atoms with E-state index in [0.717, 1.165) is 25.1 Å². The predicted molar refractivity (Wildman–Crippen MR) is 62.2 cm³/mol. The first-order chi connectivity index (χ1) is 8.24. The van der Waals surface area contributed by atoms with E-state index in [1.807, 2.05) is 11.0 Å². The van der Waals surface area contributed by atoms with Crippen molar-refractivity contribution in [3.63, 3.8) is 0 Å². The normalized spacial score (nSPS) is 21.4. The van der Waals surface area contributed by atoms with Gasteiger partial charge in [0, 0.05) is 6.54 Å². The van der Waals surface area contributed by atoms with Crippen LogP contribution in [0.2, 0.25) is 0 Å². The molecular weight excluding hydrogens is 220 g/mol. The van der Waals surface area contributed by atoms with Crippen LogP contribution in [0.4, 0.5) is 0 Å². The zero-order valence-electron chi connectivity index (χ0n) is 9.76. The van der Waals surface area contributed by atoms with Crippen molar-refractivity contribution in [3.8, 4) is 0 Å². The van der Waals surface area contributed by atoms with Crippen LogP contribution in [-0.2, 0) is 11.3 Å². The Morgan fingerprint density at radius 2 is 2.53 bits per heavy atom. The monoisotopic (exact) mass is 238 g/mol. The molecule has 94 valence electrons. The molecule has 1 aliphatic heterocycles. The summed E-state index contributed by atoms with van der Waals surface area (Å²) in [6.07, 6.45) is 3.08. The van der Waals surface area contributed by atoms with Crippen molar-refractivity contribution >= 4 is 5.91 Å². The highest BCUT2D eigenvalue weighted by atomic mass is 16.3. The minimum absolute atomic E-state index is 0.0319. The van der Waals surface area contributed by atoms with Crippen molar-refractivity contribution in [2.75, 3.05) is 19.6 Å². The van der Waals surface area contributed by atoms with Gasteiger partial charge in [-0.25, -0.2) is 0 Å². The molecule has 5 heteroatoms. The number of carbonyl (C=O) groups excluding carboxylic acids is 1. The minimum atomic E-state index is -0.290. The number of β-amino-alcohol motifs (C(OH)–C–C–N with tert-alkyl or cyclic N) is 1. The molecule has 17 heavy (non-hydrogen) atoms. The summed E-state index contributed by atoms with van der Waals surface area (Å²) in [5.41, 5.74) is 0. The van der Waals surface area contributed by atoms with Crippen molar-refractivity contribution < 1.29 is 14.3 Å². The van der Waals surface area contributed by atoms with Gasteiger partial charge in [0.1, 0.15) is 5.76 Å². The van der Waals surface area contributed by atoms with Crippen LogP contribution < -0.4 is 5.32 Å². The van der Waals surface area contributed by atoms with Crippen molar-refractivity contribution in [2.45, 2.75) is 25.5 Å². The molecule has 0 radical (unpaired) electrons. The highest BCUT2D eigenvalue weighted by molar-refractivity contribution is 5.77. The van der Waals surface area contributed by atoms with E-state index >= 15 is 0 Å². The molecule has 2 N–H and O–H groups in total. The third-order valence-electron chi connectivity index (χ3n) is 2.89. The van der Waals surface area contributed by atoms with Gasteiger partial charge < -0.3 is 14.8 Å². The van der Waals surface area contributed by atoms with Gasteiger partial charge in [0.25, 0.3) is 0 Å². The van der Waals surface area contributed by atoms with E-state index < -0.39 is 0 Å². The number of aliphatic hydroxyl groups is 1. The van der Waals surface area contributed by atoms with Crippen LogP contribution in [-0.4, -0.2) is 41.7 Å². The molecule has 1 saturated heterocycles. The van der Waals surface area contributed by atoms with Crippen LogP contribution in [0.3, 0.4) is 0 Å². The average Bonchev–Trinajstić information content (AvgIpc) is 2.79. The number of aliphatic hydroxyl groups excluding tert-OH is 1. The second kappa shape index (κ2) is 5.84. The first-order valence-electron chi connectivity index (χ1n) is 5.93. The fourth-order valence-corrected chi connectivity index (χ4v) is 2.03. The van der Waals surface area contributed by atoms with Crippen molar-refractivity contribution in [1.29, 1.82) is 0 Å². The lowest BCUT2D eigenvalue weighted by molar-refractivity contribution is -0.123. The van der Waals surface area contributed by atoms with Gasteiger partial charge in [-0.1, -0.05) is 0 Å². The molecule has 5 nitrogen and oxygen atoms in total. The highest BCUT2D eigenvalue weighted by Gasteiger charge is 2.19. The van der Waals surface area contributed by atoms with Crippen molar-refractivity contribution in [1.82, 2.24) is 10.2 Å². The van der Waals surface area contributed by atoms with E-state index in [2.05, 4.69) is 5.32 Å². The summed E-state index contributed by atoms with van der Waals surface area (Å²) in [4.78, 5) is 13.6. The standard InChI is InChI=1S/C12H18N2O3/c15-10-3-1-5-14(8-10)9-12(16)13-7-11-4-2-6-17-11/h2,4,6,10,15H,1,3,5,7-9H2,(H,13,16)/t10-/m1/s1. The highest BCUT2D eigenvalue weighted by Crippen LogP contribution is 2.08. The number of furan rings is 1. The van der Waals surface area contributed by atoms with Gasteiger partial charge >= 0.3 is 0 Å². The van der Waals surface area contributed by atoms with Gasteiger partial charge in [-0.15, -0.1) is 0 Å². The molecule has 0 unspecified atom stereocenters. The summed E-state index contributed by atoms with van der Waals surface area (Å²) in [5, 5.41) is 12.3. The molecule has 1 aromatic heterocycles. The SMILES string of the molecule is O=C(CN1CCC[C@@H](O)C1)NCc1ccco1. The number of nitrogens with zero attached hydrogens (tertiary/aromatic N) is 1. The Labute approximate surface area is 100 Å². The van der Waals surface area contributed by atoms with E-state index in [0.29, 0.717) is 19.6 Å². The minimum Gasteiger partial charge on any atom is -0.467 e. The molecule has 1 amide bonds. The number of hydrogen-bond acceptors (Lipinski definition) is 4. The summed E-state index contributed by atoms with van der Waals surface area (Å²) in [7, 11) is 0. The lowest BCUT2D eigenvalue weighted by Crippen LogP contribution is -2.44. The van der Waals surface area contributed by atoms with Crippen molar-refractivity contribution in [3.05, 3.63) is 24.2 Å². The number of likely N-dealkylation sites (tertiary alicyclic amines) is 1. The number of piperidine rings is 1. The number of hydrogen-bond donors (Lipinski definition) is 2. The zero-order valence-corrected chi connectivity index (χ0v) is 9.76. The molecule has 2 heterocycles. The van der Waals surface area contributed by atoms with E-state index in [9.17, 15) is 9.90 Å². The summed E-state index contributed by atoms with van der Waals surface area (Å²) in [6.45, 7) is 2.24. The Morgan fingerprint density at radius 1 is 1.65 bits per heavy atom. The first-order valence-corrected chi connectivity index (χ1v) is 5.93. The Hall–Kier alpha value is -1.33. The number of nitrogens with one attached hydrogen (secondary N) is 1. The maximum absolute atomic E-state index is 11.6. The van der Waals surface area contributed by atoms with E-state index in [1.54, 1.807) is 12.3 Å². The molecule has 1 atom stereocenters. The van der Waals surface area contributed by atoms with Gasteiger partial charge in [-0.05, 0) is 31.5 Å². The lowest BCUT2D eigenvalue weighted by atomic mass is 10.1.